The summed E-state index contributed by atoms with van der Waals surface area (Å²) in [4.78, 5) is 11.5. The largest absolute Gasteiger partial charge is 0.359 e. The molecule has 2 aliphatic rings. The van der Waals surface area contributed by atoms with Gasteiger partial charge in [0, 0.05) is 13.0 Å². The van der Waals surface area contributed by atoms with Gasteiger partial charge in [-0.2, -0.15) is 0 Å². The van der Waals surface area contributed by atoms with Crippen molar-refractivity contribution in [1.82, 2.24) is 10.6 Å². The summed E-state index contributed by atoms with van der Waals surface area (Å²) in [5.41, 5.74) is 0.502. The third-order valence-electron chi connectivity index (χ3n) is 3.98. The molecule has 2 N–H and O–H groups in total. The van der Waals surface area contributed by atoms with Crippen molar-refractivity contribution >= 4 is 5.91 Å². The van der Waals surface area contributed by atoms with Gasteiger partial charge in [0.15, 0.2) is 0 Å². The van der Waals surface area contributed by atoms with Crippen molar-refractivity contribution in [2.24, 2.45) is 11.3 Å². The van der Waals surface area contributed by atoms with E-state index in [9.17, 15) is 4.79 Å². The van der Waals surface area contributed by atoms with E-state index in [0.717, 1.165) is 25.9 Å². The lowest BCUT2D eigenvalue weighted by atomic mass is 9.77. The molecule has 3 heteroatoms. The zero-order chi connectivity index (χ0) is 10.0. The molecular formula is C11H20N2O. The zero-order valence-corrected chi connectivity index (χ0v) is 8.94. The van der Waals surface area contributed by atoms with Crippen LogP contribution in [0.1, 0.15) is 32.1 Å². The molecule has 80 valence electrons. The van der Waals surface area contributed by atoms with Crippen molar-refractivity contribution in [1.29, 1.82) is 0 Å². The van der Waals surface area contributed by atoms with Gasteiger partial charge in [0.05, 0.1) is 0 Å². The molecule has 0 bridgehead atoms. The molecule has 0 aromatic heterocycles. The van der Waals surface area contributed by atoms with Crippen molar-refractivity contribution in [3.8, 4) is 0 Å². The van der Waals surface area contributed by atoms with E-state index >= 15 is 0 Å². The Morgan fingerprint density at radius 2 is 2.07 bits per heavy atom. The Bertz CT molecular complexity index is 221. The monoisotopic (exact) mass is 196 g/mol. The van der Waals surface area contributed by atoms with Gasteiger partial charge in [-0.15, -0.1) is 0 Å². The summed E-state index contributed by atoms with van der Waals surface area (Å²) in [6.45, 7) is 2.28. The SMILES string of the molecule is CNC(=O)C1CCC2(CCNCC2)C1. The molecule has 0 radical (unpaired) electrons. The molecule has 1 unspecified atom stereocenters. The van der Waals surface area contributed by atoms with Gasteiger partial charge in [-0.1, -0.05) is 0 Å². The molecule has 14 heavy (non-hydrogen) atoms. The Morgan fingerprint density at radius 3 is 2.71 bits per heavy atom. The van der Waals surface area contributed by atoms with Crippen LogP contribution in [0.3, 0.4) is 0 Å². The number of rotatable bonds is 1. The van der Waals surface area contributed by atoms with E-state index in [-0.39, 0.29) is 11.8 Å². The highest BCUT2D eigenvalue weighted by Gasteiger charge is 2.41. The number of hydrogen-bond acceptors (Lipinski definition) is 2. The lowest BCUT2D eigenvalue weighted by Gasteiger charge is -2.33. The second kappa shape index (κ2) is 3.89. The van der Waals surface area contributed by atoms with E-state index < -0.39 is 0 Å². The average Bonchev–Trinajstić information content (AvgIpc) is 2.62. The van der Waals surface area contributed by atoms with Gasteiger partial charge in [-0.3, -0.25) is 4.79 Å². The number of carbonyl (C=O) groups is 1. The Balaban J connectivity index is 1.95. The molecule has 1 saturated heterocycles. The van der Waals surface area contributed by atoms with Crippen molar-refractivity contribution in [2.45, 2.75) is 32.1 Å². The molecule has 1 aliphatic carbocycles. The third-order valence-corrected chi connectivity index (χ3v) is 3.98. The van der Waals surface area contributed by atoms with Crippen LogP contribution in [0, 0.1) is 11.3 Å². The first kappa shape index (κ1) is 9.97. The summed E-state index contributed by atoms with van der Waals surface area (Å²) in [6.07, 6.45) is 6.00. The Kier molecular flexibility index (Phi) is 2.77. The predicted molar refractivity (Wildman–Crippen MR) is 55.9 cm³/mol. The van der Waals surface area contributed by atoms with Gasteiger partial charge < -0.3 is 10.6 Å². The minimum atomic E-state index is 0.250. The fraction of sp³-hybridized carbons (Fsp3) is 0.909. The highest BCUT2D eigenvalue weighted by atomic mass is 16.1. The highest BCUT2D eigenvalue weighted by molar-refractivity contribution is 5.78. The maximum absolute atomic E-state index is 11.5. The smallest absolute Gasteiger partial charge is 0.222 e. The molecule has 3 nitrogen and oxygen atoms in total. The van der Waals surface area contributed by atoms with Crippen molar-refractivity contribution in [2.75, 3.05) is 20.1 Å². The molecule has 2 rings (SSSR count). The number of carbonyl (C=O) groups excluding carboxylic acids is 1. The minimum absolute atomic E-state index is 0.250. The van der Waals surface area contributed by atoms with Crippen LogP contribution in [0.25, 0.3) is 0 Å². The van der Waals surface area contributed by atoms with Crippen molar-refractivity contribution in [3.05, 3.63) is 0 Å². The van der Waals surface area contributed by atoms with Crippen molar-refractivity contribution < 1.29 is 4.79 Å². The van der Waals surface area contributed by atoms with E-state index in [0.29, 0.717) is 5.41 Å². The second-order valence-corrected chi connectivity index (χ2v) is 4.80. The van der Waals surface area contributed by atoms with E-state index in [2.05, 4.69) is 10.6 Å². The lowest BCUT2D eigenvalue weighted by molar-refractivity contribution is -0.124. The summed E-state index contributed by atoms with van der Waals surface area (Å²) in [5.74, 6) is 0.540. The summed E-state index contributed by atoms with van der Waals surface area (Å²) in [7, 11) is 1.75. The molecule has 1 aliphatic heterocycles. The predicted octanol–water partition coefficient (Wildman–Crippen LogP) is 0.902. The minimum Gasteiger partial charge on any atom is -0.359 e. The number of hydrogen-bond donors (Lipinski definition) is 2. The fourth-order valence-electron chi connectivity index (χ4n) is 3.05. The Labute approximate surface area is 85.6 Å². The Morgan fingerprint density at radius 1 is 1.36 bits per heavy atom. The number of piperidine rings is 1. The van der Waals surface area contributed by atoms with Crippen molar-refractivity contribution in [3.63, 3.8) is 0 Å². The van der Waals surface area contributed by atoms with Crippen LogP contribution in [-0.4, -0.2) is 26.0 Å². The standard InChI is InChI=1S/C11H20N2O/c1-12-10(14)9-2-3-11(8-9)4-6-13-7-5-11/h9,13H,2-8H2,1H3,(H,12,14). The Hall–Kier alpha value is -0.570. The van der Waals surface area contributed by atoms with Gasteiger partial charge in [-0.05, 0) is 50.6 Å². The second-order valence-electron chi connectivity index (χ2n) is 4.80. The molecule has 1 atom stereocenters. The molecule has 2 fully saturated rings. The normalized spacial score (nSPS) is 30.5. The van der Waals surface area contributed by atoms with Gasteiger partial charge in [0.25, 0.3) is 0 Å². The molecule has 1 spiro atoms. The molecule has 0 aromatic carbocycles. The fourth-order valence-corrected chi connectivity index (χ4v) is 3.05. The zero-order valence-electron chi connectivity index (χ0n) is 8.94. The maximum Gasteiger partial charge on any atom is 0.222 e. The van der Waals surface area contributed by atoms with Crippen LogP contribution in [0.5, 0.6) is 0 Å². The summed E-state index contributed by atoms with van der Waals surface area (Å²) < 4.78 is 0. The van der Waals surface area contributed by atoms with Crippen LogP contribution < -0.4 is 10.6 Å². The van der Waals surface area contributed by atoms with E-state index in [1.807, 2.05) is 0 Å². The first-order chi connectivity index (χ1) is 6.76. The lowest BCUT2D eigenvalue weighted by Crippen LogP contribution is -2.36. The van der Waals surface area contributed by atoms with Crippen LogP contribution in [0.2, 0.25) is 0 Å². The third kappa shape index (κ3) is 1.78. The van der Waals surface area contributed by atoms with Crippen LogP contribution in [0.15, 0.2) is 0 Å². The van der Waals surface area contributed by atoms with Crippen LogP contribution >= 0.6 is 0 Å². The molecular weight excluding hydrogens is 176 g/mol. The van der Waals surface area contributed by atoms with E-state index in [1.165, 1.54) is 19.3 Å². The van der Waals surface area contributed by atoms with Crippen LogP contribution in [0.4, 0.5) is 0 Å². The topological polar surface area (TPSA) is 41.1 Å². The summed E-state index contributed by atoms with van der Waals surface area (Å²) in [5, 5.41) is 6.17. The number of amides is 1. The average molecular weight is 196 g/mol. The highest BCUT2D eigenvalue weighted by Crippen LogP contribution is 2.47. The van der Waals surface area contributed by atoms with Gasteiger partial charge in [0.2, 0.25) is 5.91 Å². The maximum atomic E-state index is 11.5. The quantitative estimate of drug-likeness (QED) is 0.654. The van der Waals surface area contributed by atoms with Gasteiger partial charge >= 0.3 is 0 Å². The molecule has 1 amide bonds. The van der Waals surface area contributed by atoms with Gasteiger partial charge in [-0.25, -0.2) is 0 Å². The van der Waals surface area contributed by atoms with Crippen LogP contribution in [-0.2, 0) is 4.79 Å². The van der Waals surface area contributed by atoms with Gasteiger partial charge in [0.1, 0.15) is 0 Å². The summed E-state index contributed by atoms with van der Waals surface area (Å²) >= 11 is 0. The van der Waals surface area contributed by atoms with E-state index in [1.54, 1.807) is 7.05 Å². The first-order valence-corrected chi connectivity index (χ1v) is 5.68. The molecule has 1 heterocycles. The molecule has 0 aromatic rings. The number of nitrogens with one attached hydrogen (secondary N) is 2. The first-order valence-electron chi connectivity index (χ1n) is 5.68. The summed E-state index contributed by atoms with van der Waals surface area (Å²) in [6, 6.07) is 0. The van der Waals surface area contributed by atoms with E-state index in [4.69, 9.17) is 0 Å². The molecule has 1 saturated carbocycles.